The summed E-state index contributed by atoms with van der Waals surface area (Å²) in [5.74, 6) is -1.46. The minimum Gasteiger partial charge on any atom is -0.315 e. The lowest BCUT2D eigenvalue weighted by Crippen LogP contribution is -2.35. The molecule has 2 aliphatic rings. The van der Waals surface area contributed by atoms with Gasteiger partial charge >= 0.3 is 6.18 Å². The molecule has 1 aliphatic heterocycles. The summed E-state index contributed by atoms with van der Waals surface area (Å²) in [5.41, 5.74) is 0. The molecule has 0 radical (unpaired) electrons. The van der Waals surface area contributed by atoms with Crippen molar-refractivity contribution in [3.05, 3.63) is 0 Å². The van der Waals surface area contributed by atoms with Gasteiger partial charge in [-0.05, 0) is 38.3 Å². The highest BCUT2D eigenvalue weighted by molar-refractivity contribution is 4.92. The number of likely N-dealkylation sites (tertiary alicyclic amines) is 1. The summed E-state index contributed by atoms with van der Waals surface area (Å²) in [5, 5.41) is 11.3. The van der Waals surface area contributed by atoms with Gasteiger partial charge in [0, 0.05) is 19.1 Å². The van der Waals surface area contributed by atoms with Crippen molar-refractivity contribution >= 4 is 0 Å². The van der Waals surface area contributed by atoms with Crippen molar-refractivity contribution in [1.82, 2.24) is 10.2 Å². The minimum absolute atomic E-state index is 0.292. The van der Waals surface area contributed by atoms with E-state index < -0.39 is 12.1 Å². The minimum atomic E-state index is -4.42. The van der Waals surface area contributed by atoms with Crippen LogP contribution in [0, 0.1) is 23.2 Å². The van der Waals surface area contributed by atoms with Gasteiger partial charge in [0.1, 0.15) is 0 Å². The number of nitrogens with one attached hydrogen (secondary N) is 1. The van der Waals surface area contributed by atoms with Crippen LogP contribution in [0.1, 0.15) is 19.3 Å². The van der Waals surface area contributed by atoms with Crippen LogP contribution in [0.15, 0.2) is 0 Å². The standard InChI is InChI=1S/C12H18F3N3/c13-12(14,15)10(5-16)7-17-6-9-3-4-18(8-9)11-1-2-11/h9-11,17H,1-4,6-8H2. The molecule has 18 heavy (non-hydrogen) atoms. The number of nitriles is 1. The normalized spacial score (nSPS) is 27.1. The van der Waals surface area contributed by atoms with Crippen LogP contribution in [-0.4, -0.2) is 43.3 Å². The third kappa shape index (κ3) is 3.59. The molecule has 1 saturated carbocycles. The van der Waals surface area contributed by atoms with Gasteiger partial charge in [0.25, 0.3) is 0 Å². The second-order valence-corrected chi connectivity index (χ2v) is 5.26. The smallest absolute Gasteiger partial charge is 0.315 e. The molecule has 102 valence electrons. The van der Waals surface area contributed by atoms with Crippen LogP contribution >= 0.6 is 0 Å². The predicted octanol–water partition coefficient (Wildman–Crippen LogP) is 1.76. The molecule has 1 N–H and O–H groups in total. The molecule has 2 fully saturated rings. The van der Waals surface area contributed by atoms with Crippen molar-refractivity contribution in [2.75, 3.05) is 26.2 Å². The largest absolute Gasteiger partial charge is 0.405 e. The molecule has 0 aromatic carbocycles. The molecule has 0 bridgehead atoms. The number of nitrogens with zero attached hydrogens (tertiary/aromatic N) is 2. The lowest BCUT2D eigenvalue weighted by Gasteiger charge is -2.17. The first kappa shape index (κ1) is 13.6. The van der Waals surface area contributed by atoms with E-state index in [1.807, 2.05) is 0 Å². The maximum atomic E-state index is 12.3. The van der Waals surface area contributed by atoms with Crippen molar-refractivity contribution < 1.29 is 13.2 Å². The predicted molar refractivity (Wildman–Crippen MR) is 60.7 cm³/mol. The Morgan fingerprint density at radius 1 is 1.33 bits per heavy atom. The maximum absolute atomic E-state index is 12.3. The van der Waals surface area contributed by atoms with Crippen LogP contribution in [0.5, 0.6) is 0 Å². The molecule has 2 unspecified atom stereocenters. The van der Waals surface area contributed by atoms with Crippen molar-refractivity contribution in [2.45, 2.75) is 31.5 Å². The molecule has 6 heteroatoms. The summed E-state index contributed by atoms with van der Waals surface area (Å²) < 4.78 is 37.0. The summed E-state index contributed by atoms with van der Waals surface area (Å²) in [6, 6.07) is 2.04. The first-order valence-corrected chi connectivity index (χ1v) is 6.42. The highest BCUT2D eigenvalue weighted by atomic mass is 19.4. The topological polar surface area (TPSA) is 39.1 Å². The highest BCUT2D eigenvalue weighted by Crippen LogP contribution is 2.31. The molecule has 0 aromatic heterocycles. The SMILES string of the molecule is N#CC(CNCC1CCN(C2CC2)C1)C(F)(F)F. The summed E-state index contributed by atoms with van der Waals surface area (Å²) in [4.78, 5) is 2.43. The van der Waals surface area contributed by atoms with Gasteiger partial charge < -0.3 is 10.2 Å². The second kappa shape index (κ2) is 5.45. The average molecular weight is 261 g/mol. The lowest BCUT2D eigenvalue weighted by atomic mass is 10.1. The maximum Gasteiger partial charge on any atom is 0.405 e. The molecule has 3 nitrogen and oxygen atoms in total. The Labute approximate surface area is 105 Å². The number of alkyl halides is 3. The van der Waals surface area contributed by atoms with E-state index in [9.17, 15) is 13.2 Å². The van der Waals surface area contributed by atoms with E-state index in [1.54, 1.807) is 0 Å². The molecule has 2 atom stereocenters. The zero-order valence-corrected chi connectivity index (χ0v) is 10.2. The molecular formula is C12H18F3N3. The zero-order chi connectivity index (χ0) is 13.2. The van der Waals surface area contributed by atoms with E-state index in [0.717, 1.165) is 25.6 Å². The summed E-state index contributed by atoms with van der Waals surface area (Å²) >= 11 is 0. The molecule has 0 spiro atoms. The van der Waals surface area contributed by atoms with Crippen LogP contribution < -0.4 is 5.32 Å². The van der Waals surface area contributed by atoms with Gasteiger partial charge in [-0.3, -0.25) is 0 Å². The fraction of sp³-hybridized carbons (Fsp3) is 0.917. The number of hydrogen-bond acceptors (Lipinski definition) is 3. The number of hydrogen-bond donors (Lipinski definition) is 1. The molecule has 1 aliphatic carbocycles. The van der Waals surface area contributed by atoms with E-state index in [1.165, 1.54) is 18.9 Å². The van der Waals surface area contributed by atoms with Gasteiger partial charge in [-0.1, -0.05) is 0 Å². The molecule has 0 amide bonds. The van der Waals surface area contributed by atoms with Crippen molar-refractivity contribution in [3.63, 3.8) is 0 Å². The van der Waals surface area contributed by atoms with Gasteiger partial charge in [-0.15, -0.1) is 0 Å². The Hall–Kier alpha value is -0.800. The Morgan fingerprint density at radius 2 is 2.06 bits per heavy atom. The third-order valence-corrected chi connectivity index (χ3v) is 3.71. The fourth-order valence-corrected chi connectivity index (χ4v) is 2.47. The Balaban J connectivity index is 1.65. The second-order valence-electron chi connectivity index (χ2n) is 5.26. The van der Waals surface area contributed by atoms with E-state index in [2.05, 4.69) is 10.2 Å². The van der Waals surface area contributed by atoms with Crippen molar-refractivity contribution in [3.8, 4) is 6.07 Å². The Morgan fingerprint density at radius 3 is 2.61 bits per heavy atom. The lowest BCUT2D eigenvalue weighted by molar-refractivity contribution is -0.157. The monoisotopic (exact) mass is 261 g/mol. The molecule has 2 rings (SSSR count). The van der Waals surface area contributed by atoms with Crippen molar-refractivity contribution in [2.24, 2.45) is 11.8 Å². The Kier molecular flexibility index (Phi) is 4.13. The zero-order valence-electron chi connectivity index (χ0n) is 10.2. The molecule has 1 saturated heterocycles. The van der Waals surface area contributed by atoms with E-state index in [0.29, 0.717) is 12.5 Å². The highest BCUT2D eigenvalue weighted by Gasteiger charge is 2.40. The first-order valence-electron chi connectivity index (χ1n) is 6.42. The first-order chi connectivity index (χ1) is 8.50. The quantitative estimate of drug-likeness (QED) is 0.819. The summed E-state index contributed by atoms with van der Waals surface area (Å²) in [7, 11) is 0. The third-order valence-electron chi connectivity index (χ3n) is 3.71. The fourth-order valence-electron chi connectivity index (χ4n) is 2.47. The van der Waals surface area contributed by atoms with Gasteiger partial charge in [-0.2, -0.15) is 18.4 Å². The van der Waals surface area contributed by atoms with E-state index >= 15 is 0 Å². The van der Waals surface area contributed by atoms with Crippen LogP contribution in [0.2, 0.25) is 0 Å². The van der Waals surface area contributed by atoms with Gasteiger partial charge in [0.05, 0.1) is 6.07 Å². The average Bonchev–Trinajstić information content (AvgIpc) is 3.03. The van der Waals surface area contributed by atoms with Crippen LogP contribution in [-0.2, 0) is 0 Å². The summed E-state index contributed by atoms with van der Waals surface area (Å²) in [6.45, 7) is 2.34. The van der Waals surface area contributed by atoms with E-state index in [4.69, 9.17) is 5.26 Å². The van der Waals surface area contributed by atoms with Gasteiger partial charge in [-0.25, -0.2) is 0 Å². The summed E-state index contributed by atoms with van der Waals surface area (Å²) in [6.07, 6.45) is -0.834. The molecule has 1 heterocycles. The van der Waals surface area contributed by atoms with Crippen LogP contribution in [0.3, 0.4) is 0 Å². The van der Waals surface area contributed by atoms with Crippen LogP contribution in [0.4, 0.5) is 13.2 Å². The Bertz CT molecular complexity index is 320. The number of rotatable bonds is 5. The van der Waals surface area contributed by atoms with Gasteiger partial charge in [0.2, 0.25) is 0 Å². The van der Waals surface area contributed by atoms with E-state index in [-0.39, 0.29) is 6.54 Å². The molecule has 0 aromatic rings. The van der Waals surface area contributed by atoms with Gasteiger partial charge in [0.15, 0.2) is 5.92 Å². The molecular weight excluding hydrogens is 243 g/mol. The van der Waals surface area contributed by atoms with Crippen molar-refractivity contribution in [1.29, 1.82) is 5.26 Å². The van der Waals surface area contributed by atoms with Crippen LogP contribution in [0.25, 0.3) is 0 Å². The number of halogens is 3.